The minimum Gasteiger partial charge on any atom is -0.328 e. The SMILES string of the molecule is Cn1nc(C(=O)N2CCCCC2c2nccs2)ccc1=O. The lowest BCUT2D eigenvalue weighted by Gasteiger charge is -2.34. The zero-order valence-electron chi connectivity index (χ0n) is 11.7. The number of piperidine rings is 1. The van der Waals surface area contributed by atoms with Crippen molar-refractivity contribution in [2.75, 3.05) is 6.54 Å². The first-order valence-corrected chi connectivity index (χ1v) is 7.79. The largest absolute Gasteiger partial charge is 0.328 e. The highest BCUT2D eigenvalue weighted by atomic mass is 32.1. The van der Waals surface area contributed by atoms with Crippen LogP contribution in [0.1, 0.15) is 40.8 Å². The molecule has 3 heterocycles. The average molecular weight is 304 g/mol. The van der Waals surface area contributed by atoms with Gasteiger partial charge in [-0.1, -0.05) is 0 Å². The maximum absolute atomic E-state index is 12.7. The lowest BCUT2D eigenvalue weighted by Crippen LogP contribution is -2.39. The summed E-state index contributed by atoms with van der Waals surface area (Å²) >= 11 is 1.57. The molecule has 0 aliphatic carbocycles. The minimum absolute atomic E-state index is 0.0188. The van der Waals surface area contributed by atoms with Gasteiger partial charge in [0.25, 0.3) is 11.5 Å². The van der Waals surface area contributed by atoms with Crippen LogP contribution in [-0.2, 0) is 7.05 Å². The summed E-state index contributed by atoms with van der Waals surface area (Å²) in [5.41, 5.74) is 0.0854. The fourth-order valence-electron chi connectivity index (χ4n) is 2.59. The average Bonchev–Trinajstić information content (AvgIpc) is 3.03. The van der Waals surface area contributed by atoms with Gasteiger partial charge in [-0.25, -0.2) is 9.67 Å². The van der Waals surface area contributed by atoms with Crippen LogP contribution in [-0.4, -0.2) is 32.1 Å². The first-order chi connectivity index (χ1) is 10.2. The molecule has 1 aliphatic rings. The lowest BCUT2D eigenvalue weighted by atomic mass is 10.0. The van der Waals surface area contributed by atoms with Crippen LogP contribution in [0.3, 0.4) is 0 Å². The fraction of sp³-hybridized carbons (Fsp3) is 0.429. The molecule has 1 unspecified atom stereocenters. The van der Waals surface area contributed by atoms with Gasteiger partial charge in [0, 0.05) is 31.2 Å². The van der Waals surface area contributed by atoms with E-state index < -0.39 is 0 Å². The molecule has 0 N–H and O–H groups in total. The second-order valence-corrected chi connectivity index (χ2v) is 5.99. The number of carbonyl (C=O) groups excluding carboxylic acids is 1. The Kier molecular flexibility index (Phi) is 3.83. The van der Waals surface area contributed by atoms with Gasteiger partial charge in [-0.05, 0) is 25.3 Å². The molecule has 1 aliphatic heterocycles. The molecule has 1 amide bonds. The first-order valence-electron chi connectivity index (χ1n) is 6.91. The van der Waals surface area contributed by atoms with Crippen LogP contribution >= 0.6 is 11.3 Å². The summed E-state index contributed by atoms with van der Waals surface area (Å²) in [4.78, 5) is 30.3. The minimum atomic E-state index is -0.221. The maximum atomic E-state index is 12.7. The third-order valence-electron chi connectivity index (χ3n) is 3.68. The molecule has 2 aromatic rings. The standard InChI is InChI=1S/C14H16N4O2S/c1-17-12(19)6-5-10(16-17)14(20)18-8-3-2-4-11(18)13-15-7-9-21-13/h5-7,9,11H,2-4,8H2,1H3. The van der Waals surface area contributed by atoms with E-state index in [9.17, 15) is 9.59 Å². The van der Waals surface area contributed by atoms with Crippen molar-refractivity contribution in [3.63, 3.8) is 0 Å². The van der Waals surface area contributed by atoms with E-state index in [4.69, 9.17) is 0 Å². The predicted octanol–water partition coefficient (Wildman–Crippen LogP) is 1.60. The van der Waals surface area contributed by atoms with Gasteiger partial charge in [-0.3, -0.25) is 9.59 Å². The molecule has 110 valence electrons. The van der Waals surface area contributed by atoms with Gasteiger partial charge in [0.05, 0.1) is 6.04 Å². The Morgan fingerprint density at radius 2 is 2.24 bits per heavy atom. The van der Waals surface area contributed by atoms with E-state index in [2.05, 4.69) is 10.1 Å². The lowest BCUT2D eigenvalue weighted by molar-refractivity contribution is 0.0602. The van der Waals surface area contributed by atoms with Crippen LogP contribution in [0.15, 0.2) is 28.5 Å². The summed E-state index contributed by atoms with van der Waals surface area (Å²) in [5.74, 6) is -0.134. The molecule has 0 radical (unpaired) electrons. The smallest absolute Gasteiger partial charge is 0.274 e. The molecule has 0 spiro atoms. The fourth-order valence-corrected chi connectivity index (χ4v) is 3.38. The molecule has 2 aromatic heterocycles. The summed E-state index contributed by atoms with van der Waals surface area (Å²) in [7, 11) is 1.55. The van der Waals surface area contributed by atoms with E-state index in [1.54, 1.807) is 24.6 Å². The Balaban J connectivity index is 1.90. The maximum Gasteiger partial charge on any atom is 0.274 e. The van der Waals surface area contributed by atoms with Crippen molar-refractivity contribution in [2.45, 2.75) is 25.3 Å². The number of aryl methyl sites for hydroxylation is 1. The van der Waals surface area contributed by atoms with Crippen LogP contribution in [0, 0.1) is 0 Å². The van der Waals surface area contributed by atoms with E-state index in [0.717, 1.165) is 24.3 Å². The van der Waals surface area contributed by atoms with Crippen molar-refractivity contribution in [3.8, 4) is 0 Å². The van der Waals surface area contributed by atoms with Gasteiger partial charge in [-0.15, -0.1) is 11.3 Å². The van der Waals surface area contributed by atoms with Crippen LogP contribution in [0.4, 0.5) is 0 Å². The second kappa shape index (κ2) is 5.77. The molecule has 1 saturated heterocycles. The van der Waals surface area contributed by atoms with Gasteiger partial charge >= 0.3 is 0 Å². The molecule has 21 heavy (non-hydrogen) atoms. The predicted molar refractivity (Wildman–Crippen MR) is 79.2 cm³/mol. The van der Waals surface area contributed by atoms with Crippen molar-refractivity contribution in [1.29, 1.82) is 0 Å². The van der Waals surface area contributed by atoms with Gasteiger partial charge in [0.2, 0.25) is 0 Å². The highest BCUT2D eigenvalue weighted by Gasteiger charge is 2.31. The zero-order valence-corrected chi connectivity index (χ0v) is 12.5. The molecule has 6 nitrogen and oxygen atoms in total. The molecular weight excluding hydrogens is 288 g/mol. The van der Waals surface area contributed by atoms with Gasteiger partial charge in [0.15, 0.2) is 0 Å². The number of rotatable bonds is 2. The van der Waals surface area contributed by atoms with E-state index in [0.29, 0.717) is 12.2 Å². The van der Waals surface area contributed by atoms with Crippen LogP contribution < -0.4 is 5.56 Å². The van der Waals surface area contributed by atoms with Gasteiger partial charge in [-0.2, -0.15) is 5.10 Å². The summed E-state index contributed by atoms with van der Waals surface area (Å²) in [5, 5.41) is 6.95. The monoisotopic (exact) mass is 304 g/mol. The third-order valence-corrected chi connectivity index (χ3v) is 4.56. The molecule has 3 rings (SSSR count). The molecule has 1 fully saturated rings. The summed E-state index contributed by atoms with van der Waals surface area (Å²) < 4.78 is 1.19. The number of likely N-dealkylation sites (tertiary alicyclic amines) is 1. The number of amides is 1. The number of aromatic nitrogens is 3. The first kappa shape index (κ1) is 13.9. The van der Waals surface area contributed by atoms with Gasteiger partial charge in [0.1, 0.15) is 10.7 Å². The normalized spacial score (nSPS) is 18.7. The van der Waals surface area contributed by atoms with E-state index in [-0.39, 0.29) is 17.5 Å². The highest BCUT2D eigenvalue weighted by Crippen LogP contribution is 2.32. The molecule has 1 atom stereocenters. The Hall–Kier alpha value is -2.02. The molecule has 0 saturated carbocycles. The molecular formula is C14H16N4O2S. The van der Waals surface area contributed by atoms with Crippen LogP contribution in [0.25, 0.3) is 0 Å². The molecule has 0 aromatic carbocycles. The highest BCUT2D eigenvalue weighted by molar-refractivity contribution is 7.09. The summed E-state index contributed by atoms with van der Waals surface area (Å²) in [6.45, 7) is 0.702. The summed E-state index contributed by atoms with van der Waals surface area (Å²) in [6.07, 6.45) is 4.76. The van der Waals surface area contributed by atoms with E-state index in [1.807, 2.05) is 10.3 Å². The molecule has 0 bridgehead atoms. The van der Waals surface area contributed by atoms with E-state index in [1.165, 1.54) is 16.8 Å². The summed E-state index contributed by atoms with van der Waals surface area (Å²) in [6, 6.07) is 2.89. The van der Waals surface area contributed by atoms with E-state index >= 15 is 0 Å². The Bertz CT molecular complexity index is 695. The Morgan fingerprint density at radius 1 is 1.38 bits per heavy atom. The number of hydrogen-bond donors (Lipinski definition) is 0. The van der Waals surface area contributed by atoms with Crippen molar-refractivity contribution >= 4 is 17.2 Å². The topological polar surface area (TPSA) is 68.1 Å². The van der Waals surface area contributed by atoms with Gasteiger partial charge < -0.3 is 4.90 Å². The van der Waals surface area contributed by atoms with Crippen LogP contribution in [0.5, 0.6) is 0 Å². The quantitative estimate of drug-likeness (QED) is 0.845. The third kappa shape index (κ3) is 2.73. The number of nitrogens with zero attached hydrogens (tertiary/aromatic N) is 4. The van der Waals surface area contributed by atoms with Crippen molar-refractivity contribution in [1.82, 2.24) is 19.7 Å². The zero-order chi connectivity index (χ0) is 14.8. The van der Waals surface area contributed by atoms with Crippen molar-refractivity contribution in [2.24, 2.45) is 7.05 Å². The number of carbonyl (C=O) groups is 1. The Labute approximate surface area is 126 Å². The number of thiazole rings is 1. The van der Waals surface area contributed by atoms with Crippen molar-refractivity contribution < 1.29 is 4.79 Å². The molecule has 7 heteroatoms. The number of hydrogen-bond acceptors (Lipinski definition) is 5. The van der Waals surface area contributed by atoms with Crippen LogP contribution in [0.2, 0.25) is 0 Å². The second-order valence-electron chi connectivity index (χ2n) is 5.06. The van der Waals surface area contributed by atoms with Crippen molar-refractivity contribution in [3.05, 3.63) is 44.8 Å². The Morgan fingerprint density at radius 3 is 2.95 bits per heavy atom.